The summed E-state index contributed by atoms with van der Waals surface area (Å²) in [4.78, 5) is 31.8. The van der Waals surface area contributed by atoms with Crippen LogP contribution >= 0.6 is 0 Å². The van der Waals surface area contributed by atoms with Crippen molar-refractivity contribution in [2.45, 2.75) is 6.54 Å². The normalized spacial score (nSPS) is 15.3. The summed E-state index contributed by atoms with van der Waals surface area (Å²) in [5.74, 6) is -0.0312. The van der Waals surface area contributed by atoms with Gasteiger partial charge < -0.3 is 19.5 Å². The Morgan fingerprint density at radius 1 is 1.20 bits per heavy atom. The molecule has 0 spiro atoms. The number of imidazole rings is 1. The first kappa shape index (κ1) is 17.2. The summed E-state index contributed by atoms with van der Waals surface area (Å²) < 4.78 is 6.57. The molecule has 0 bridgehead atoms. The first-order valence-corrected chi connectivity index (χ1v) is 8.39. The molecule has 0 radical (unpaired) electrons. The van der Waals surface area contributed by atoms with Gasteiger partial charge in [-0.1, -0.05) is 12.1 Å². The van der Waals surface area contributed by atoms with E-state index in [0.29, 0.717) is 19.6 Å². The molecule has 134 valence electrons. The number of fused-ring (bicyclic) bond motifs is 1. The van der Waals surface area contributed by atoms with Crippen molar-refractivity contribution in [1.82, 2.24) is 24.7 Å². The standard InChI is InChI=1S/C17H23N5O3/c1-25-17(24)21-10-8-20(9-11-21)7-6-18-16(23)12-22-13-19-14-4-2-3-5-15(14)22/h2-5,13H,6-12H2,1H3,(H,18,23). The smallest absolute Gasteiger partial charge is 0.409 e. The number of carbonyl (C=O) groups is 2. The number of amides is 2. The molecule has 25 heavy (non-hydrogen) atoms. The van der Waals surface area contributed by atoms with Crippen LogP contribution in [-0.2, 0) is 16.1 Å². The number of benzene rings is 1. The predicted octanol–water partition coefficient (Wildman–Crippen LogP) is 0.537. The van der Waals surface area contributed by atoms with Crippen molar-refractivity contribution in [2.75, 3.05) is 46.4 Å². The molecule has 0 saturated carbocycles. The minimum Gasteiger partial charge on any atom is -0.453 e. The van der Waals surface area contributed by atoms with E-state index in [2.05, 4.69) is 15.2 Å². The monoisotopic (exact) mass is 345 g/mol. The predicted molar refractivity (Wildman–Crippen MR) is 93.2 cm³/mol. The molecule has 8 heteroatoms. The lowest BCUT2D eigenvalue weighted by Crippen LogP contribution is -2.50. The number of carbonyl (C=O) groups excluding carboxylic acids is 2. The lowest BCUT2D eigenvalue weighted by molar-refractivity contribution is -0.121. The topological polar surface area (TPSA) is 79.7 Å². The molecule has 1 fully saturated rings. The van der Waals surface area contributed by atoms with Gasteiger partial charge >= 0.3 is 6.09 Å². The number of nitrogens with zero attached hydrogens (tertiary/aromatic N) is 4. The van der Waals surface area contributed by atoms with Crippen LogP contribution in [0.25, 0.3) is 11.0 Å². The Morgan fingerprint density at radius 3 is 2.72 bits per heavy atom. The van der Waals surface area contributed by atoms with Crippen LogP contribution in [0, 0.1) is 0 Å². The molecule has 1 aliphatic rings. The van der Waals surface area contributed by atoms with E-state index in [1.54, 1.807) is 11.2 Å². The van der Waals surface area contributed by atoms with Gasteiger partial charge in [-0.25, -0.2) is 9.78 Å². The number of piperazine rings is 1. The lowest BCUT2D eigenvalue weighted by atomic mass is 10.3. The Balaban J connectivity index is 1.39. The van der Waals surface area contributed by atoms with Crippen LogP contribution < -0.4 is 5.32 Å². The lowest BCUT2D eigenvalue weighted by Gasteiger charge is -2.33. The Hall–Kier alpha value is -2.61. The molecule has 2 heterocycles. The van der Waals surface area contributed by atoms with Gasteiger partial charge in [-0.05, 0) is 12.1 Å². The van der Waals surface area contributed by atoms with Crippen LogP contribution in [0.2, 0.25) is 0 Å². The van der Waals surface area contributed by atoms with Crippen LogP contribution in [0.4, 0.5) is 4.79 Å². The number of methoxy groups -OCH3 is 1. The summed E-state index contributed by atoms with van der Waals surface area (Å²) in [5, 5.41) is 2.94. The molecule has 1 N–H and O–H groups in total. The zero-order chi connectivity index (χ0) is 17.6. The Bertz CT molecular complexity index is 737. The largest absolute Gasteiger partial charge is 0.453 e. The van der Waals surface area contributed by atoms with Crippen molar-refractivity contribution < 1.29 is 14.3 Å². The maximum absolute atomic E-state index is 12.1. The zero-order valence-corrected chi connectivity index (χ0v) is 14.4. The quantitative estimate of drug-likeness (QED) is 0.855. The number of aromatic nitrogens is 2. The van der Waals surface area contributed by atoms with E-state index in [-0.39, 0.29) is 18.5 Å². The van der Waals surface area contributed by atoms with E-state index in [0.717, 1.165) is 30.7 Å². The van der Waals surface area contributed by atoms with E-state index in [1.165, 1.54) is 7.11 Å². The second-order valence-corrected chi connectivity index (χ2v) is 6.01. The molecule has 2 amide bonds. The molecular weight excluding hydrogens is 322 g/mol. The van der Waals surface area contributed by atoms with Crippen molar-refractivity contribution in [3.05, 3.63) is 30.6 Å². The van der Waals surface area contributed by atoms with Crippen molar-refractivity contribution in [2.24, 2.45) is 0 Å². The van der Waals surface area contributed by atoms with E-state index in [9.17, 15) is 9.59 Å². The third kappa shape index (κ3) is 4.27. The molecule has 8 nitrogen and oxygen atoms in total. The van der Waals surface area contributed by atoms with Gasteiger partial charge in [0.15, 0.2) is 0 Å². The SMILES string of the molecule is COC(=O)N1CCN(CCNC(=O)Cn2cnc3ccccc32)CC1. The number of hydrogen-bond donors (Lipinski definition) is 1. The number of para-hydroxylation sites is 2. The van der Waals surface area contributed by atoms with E-state index in [1.807, 2.05) is 28.8 Å². The summed E-state index contributed by atoms with van der Waals surface area (Å²) in [7, 11) is 1.40. The van der Waals surface area contributed by atoms with Crippen LogP contribution in [0.1, 0.15) is 0 Å². The third-order valence-electron chi connectivity index (χ3n) is 4.40. The van der Waals surface area contributed by atoms with E-state index >= 15 is 0 Å². The van der Waals surface area contributed by atoms with Crippen LogP contribution in [0.15, 0.2) is 30.6 Å². The molecule has 1 aromatic heterocycles. The Kier molecular flexibility index (Phi) is 5.49. The number of hydrogen-bond acceptors (Lipinski definition) is 5. The summed E-state index contributed by atoms with van der Waals surface area (Å²) in [6.45, 7) is 4.50. The highest BCUT2D eigenvalue weighted by Gasteiger charge is 2.21. The number of nitrogens with one attached hydrogen (secondary N) is 1. The van der Waals surface area contributed by atoms with E-state index < -0.39 is 0 Å². The summed E-state index contributed by atoms with van der Waals surface area (Å²) in [6.07, 6.45) is 1.41. The van der Waals surface area contributed by atoms with Gasteiger partial charge in [0.05, 0.1) is 24.5 Å². The van der Waals surface area contributed by atoms with Crippen molar-refractivity contribution >= 4 is 23.0 Å². The van der Waals surface area contributed by atoms with Gasteiger partial charge in [-0.15, -0.1) is 0 Å². The molecule has 1 aromatic carbocycles. The first-order valence-electron chi connectivity index (χ1n) is 8.39. The third-order valence-corrected chi connectivity index (χ3v) is 4.40. The fourth-order valence-corrected chi connectivity index (χ4v) is 2.98. The molecule has 0 atom stereocenters. The highest BCUT2D eigenvalue weighted by Crippen LogP contribution is 2.11. The van der Waals surface area contributed by atoms with Gasteiger partial charge in [0.2, 0.25) is 5.91 Å². The van der Waals surface area contributed by atoms with Gasteiger partial charge in [-0.3, -0.25) is 9.69 Å². The van der Waals surface area contributed by atoms with Crippen LogP contribution in [-0.4, -0.2) is 77.7 Å². The van der Waals surface area contributed by atoms with Crippen molar-refractivity contribution in [1.29, 1.82) is 0 Å². The highest BCUT2D eigenvalue weighted by atomic mass is 16.5. The molecule has 1 saturated heterocycles. The van der Waals surface area contributed by atoms with Gasteiger partial charge in [0.25, 0.3) is 0 Å². The fraction of sp³-hybridized carbons (Fsp3) is 0.471. The van der Waals surface area contributed by atoms with Crippen LogP contribution in [0.3, 0.4) is 0 Å². The van der Waals surface area contributed by atoms with E-state index in [4.69, 9.17) is 4.74 Å². The summed E-state index contributed by atoms with van der Waals surface area (Å²) in [6, 6.07) is 7.75. The second-order valence-electron chi connectivity index (χ2n) is 6.01. The van der Waals surface area contributed by atoms with Gasteiger partial charge in [0, 0.05) is 39.3 Å². The maximum atomic E-state index is 12.1. The fourth-order valence-electron chi connectivity index (χ4n) is 2.98. The maximum Gasteiger partial charge on any atom is 0.409 e. The van der Waals surface area contributed by atoms with Gasteiger partial charge in [-0.2, -0.15) is 0 Å². The van der Waals surface area contributed by atoms with Gasteiger partial charge in [0.1, 0.15) is 6.54 Å². The highest BCUT2D eigenvalue weighted by molar-refractivity contribution is 5.80. The average molecular weight is 345 g/mol. The molecule has 0 aliphatic carbocycles. The van der Waals surface area contributed by atoms with Crippen molar-refractivity contribution in [3.63, 3.8) is 0 Å². The number of ether oxygens (including phenoxy) is 1. The van der Waals surface area contributed by atoms with Crippen LogP contribution in [0.5, 0.6) is 0 Å². The summed E-state index contributed by atoms with van der Waals surface area (Å²) in [5.41, 5.74) is 1.84. The molecule has 0 unspecified atom stereocenters. The molecule has 1 aliphatic heterocycles. The summed E-state index contributed by atoms with van der Waals surface area (Å²) >= 11 is 0. The minimum absolute atomic E-state index is 0.0312. The van der Waals surface area contributed by atoms with Crippen molar-refractivity contribution in [3.8, 4) is 0 Å². The molecule has 2 aromatic rings. The molecular formula is C17H23N5O3. The average Bonchev–Trinajstić information content (AvgIpc) is 3.04. The Labute approximate surface area is 146 Å². The number of rotatable bonds is 5. The minimum atomic E-state index is -0.277. The molecule has 3 rings (SSSR count). The zero-order valence-electron chi connectivity index (χ0n) is 14.4. The second kappa shape index (κ2) is 7.98. The first-order chi connectivity index (χ1) is 12.2. The Morgan fingerprint density at radius 2 is 1.96 bits per heavy atom.